The summed E-state index contributed by atoms with van der Waals surface area (Å²) < 4.78 is 3.82. The van der Waals surface area contributed by atoms with Crippen LogP contribution < -0.4 is 5.32 Å². The second kappa shape index (κ2) is 5.91. The predicted octanol–water partition coefficient (Wildman–Crippen LogP) is -0.150. The summed E-state index contributed by atoms with van der Waals surface area (Å²) in [5, 5.41) is 19.6. The summed E-state index contributed by atoms with van der Waals surface area (Å²) >= 11 is 0.918. The molecule has 1 aromatic rings. The molecule has 1 rings (SSSR count). The van der Waals surface area contributed by atoms with Crippen LogP contribution in [-0.2, 0) is 9.59 Å². The molecule has 1 aromatic heterocycles. The normalized spacial score (nSPS) is 9.83. The first kappa shape index (κ1) is 13.8. The van der Waals surface area contributed by atoms with Gasteiger partial charge >= 0.3 is 18.0 Å². The Morgan fingerprint density at radius 3 is 2.22 bits per heavy atom. The van der Waals surface area contributed by atoms with Crippen LogP contribution in [0, 0.1) is 6.92 Å². The number of amides is 2. The van der Waals surface area contributed by atoms with Crippen LogP contribution >= 0.6 is 11.5 Å². The van der Waals surface area contributed by atoms with Crippen molar-refractivity contribution in [2.75, 3.05) is 18.4 Å². The maximum absolute atomic E-state index is 11.6. The number of carboxylic acid groups (broad SMARTS) is 2. The highest BCUT2D eigenvalue weighted by atomic mass is 32.1. The van der Waals surface area contributed by atoms with Gasteiger partial charge in [-0.05, 0) is 6.92 Å². The Balaban J connectivity index is 2.69. The first-order chi connectivity index (χ1) is 8.38. The van der Waals surface area contributed by atoms with Crippen LogP contribution in [0.4, 0.5) is 9.93 Å². The van der Waals surface area contributed by atoms with Gasteiger partial charge < -0.3 is 15.1 Å². The molecule has 1 heterocycles. The summed E-state index contributed by atoms with van der Waals surface area (Å²) in [6, 6.07) is -0.851. The zero-order chi connectivity index (χ0) is 13.7. The molecule has 3 N–H and O–H groups in total. The minimum Gasteiger partial charge on any atom is -0.480 e. The van der Waals surface area contributed by atoms with Gasteiger partial charge in [-0.2, -0.15) is 4.37 Å². The van der Waals surface area contributed by atoms with Gasteiger partial charge in [0.25, 0.3) is 0 Å². The molecular weight excluding hydrogens is 264 g/mol. The smallest absolute Gasteiger partial charge is 0.324 e. The van der Waals surface area contributed by atoms with Crippen LogP contribution in [-0.4, -0.2) is 55.5 Å². The van der Waals surface area contributed by atoms with E-state index in [2.05, 4.69) is 14.7 Å². The highest BCUT2D eigenvalue weighted by molar-refractivity contribution is 7.09. The second-order valence-corrected chi connectivity index (χ2v) is 3.97. The molecule has 0 saturated carbocycles. The number of aromatic nitrogens is 2. The summed E-state index contributed by atoms with van der Waals surface area (Å²) in [5.74, 6) is -2.15. The third-order valence-corrected chi connectivity index (χ3v) is 2.40. The third-order valence-electron chi connectivity index (χ3n) is 1.68. The number of nitrogens with zero attached hydrogens (tertiary/aromatic N) is 3. The van der Waals surface area contributed by atoms with E-state index in [0.717, 1.165) is 11.5 Å². The van der Waals surface area contributed by atoms with Crippen LogP contribution in [0.15, 0.2) is 0 Å². The number of aryl methyl sites for hydroxylation is 1. The standard InChI is InChI=1S/C8H10N4O5S/c1-4-9-7(18-11-4)10-8(17)12(2-5(13)14)3-6(15)16/h2-3H2,1H3,(H,13,14)(H,15,16)(H,9,10,11,17). The number of carboxylic acids is 2. The summed E-state index contributed by atoms with van der Waals surface area (Å²) in [6.07, 6.45) is 0. The van der Waals surface area contributed by atoms with Crippen molar-refractivity contribution in [1.82, 2.24) is 14.3 Å². The van der Waals surface area contributed by atoms with Crippen molar-refractivity contribution in [2.45, 2.75) is 6.92 Å². The van der Waals surface area contributed by atoms with E-state index < -0.39 is 31.1 Å². The average molecular weight is 274 g/mol. The molecule has 18 heavy (non-hydrogen) atoms. The molecule has 0 aliphatic heterocycles. The molecule has 98 valence electrons. The van der Waals surface area contributed by atoms with E-state index in [1.807, 2.05) is 0 Å². The van der Waals surface area contributed by atoms with E-state index in [1.165, 1.54) is 0 Å². The zero-order valence-corrected chi connectivity index (χ0v) is 10.1. The number of hydrogen-bond donors (Lipinski definition) is 3. The maximum atomic E-state index is 11.6. The maximum Gasteiger partial charge on any atom is 0.324 e. The molecule has 0 aliphatic carbocycles. The average Bonchev–Trinajstić information content (AvgIpc) is 2.61. The van der Waals surface area contributed by atoms with Gasteiger partial charge in [0, 0.05) is 11.5 Å². The van der Waals surface area contributed by atoms with Crippen molar-refractivity contribution in [2.24, 2.45) is 0 Å². The monoisotopic (exact) mass is 274 g/mol. The van der Waals surface area contributed by atoms with Gasteiger partial charge in [0.1, 0.15) is 18.9 Å². The Bertz CT molecular complexity index is 458. The molecule has 9 nitrogen and oxygen atoms in total. The molecule has 0 fully saturated rings. The van der Waals surface area contributed by atoms with E-state index in [9.17, 15) is 14.4 Å². The lowest BCUT2D eigenvalue weighted by Crippen LogP contribution is -2.41. The molecule has 0 spiro atoms. The van der Waals surface area contributed by atoms with E-state index in [0.29, 0.717) is 10.7 Å². The molecule has 0 aliphatic rings. The SMILES string of the molecule is Cc1nsc(NC(=O)N(CC(=O)O)CC(=O)O)n1. The number of rotatable bonds is 5. The molecule has 0 atom stereocenters. The van der Waals surface area contributed by atoms with Crippen LogP contribution in [0.5, 0.6) is 0 Å². The lowest BCUT2D eigenvalue weighted by Gasteiger charge is -2.17. The highest BCUT2D eigenvalue weighted by Gasteiger charge is 2.20. The number of aliphatic carboxylic acids is 2. The zero-order valence-electron chi connectivity index (χ0n) is 9.28. The lowest BCUT2D eigenvalue weighted by molar-refractivity contribution is -0.140. The van der Waals surface area contributed by atoms with E-state index >= 15 is 0 Å². The minimum absolute atomic E-state index is 0.179. The summed E-state index contributed by atoms with van der Waals surface area (Å²) in [6.45, 7) is 0.199. The number of carbonyl (C=O) groups is 3. The number of urea groups is 1. The van der Waals surface area contributed by atoms with Crippen molar-refractivity contribution >= 4 is 34.6 Å². The fourth-order valence-electron chi connectivity index (χ4n) is 1.04. The van der Waals surface area contributed by atoms with Crippen LogP contribution in [0.2, 0.25) is 0 Å². The summed E-state index contributed by atoms with van der Waals surface area (Å²) in [7, 11) is 0. The van der Waals surface area contributed by atoms with E-state index in [-0.39, 0.29) is 5.13 Å². The van der Waals surface area contributed by atoms with Gasteiger partial charge in [0.15, 0.2) is 0 Å². The summed E-state index contributed by atoms with van der Waals surface area (Å²) in [5.41, 5.74) is 0. The first-order valence-electron chi connectivity index (χ1n) is 4.68. The van der Waals surface area contributed by atoms with Crippen LogP contribution in [0.3, 0.4) is 0 Å². The molecule has 0 aromatic carbocycles. The molecule has 0 radical (unpaired) electrons. The fraction of sp³-hybridized carbons (Fsp3) is 0.375. The number of carbonyl (C=O) groups excluding carboxylic acids is 1. The Morgan fingerprint density at radius 2 is 1.83 bits per heavy atom. The Kier molecular flexibility index (Phi) is 4.54. The molecule has 10 heteroatoms. The van der Waals surface area contributed by atoms with Crippen molar-refractivity contribution in [3.63, 3.8) is 0 Å². The second-order valence-electron chi connectivity index (χ2n) is 3.22. The van der Waals surface area contributed by atoms with Gasteiger partial charge in [-0.15, -0.1) is 0 Å². The van der Waals surface area contributed by atoms with E-state index in [1.54, 1.807) is 6.92 Å². The first-order valence-corrected chi connectivity index (χ1v) is 5.45. The number of anilines is 1. The Labute approximate surface area is 105 Å². The van der Waals surface area contributed by atoms with Crippen LogP contribution in [0.25, 0.3) is 0 Å². The van der Waals surface area contributed by atoms with Gasteiger partial charge in [-0.25, -0.2) is 9.78 Å². The Hall–Kier alpha value is -2.23. The quantitative estimate of drug-likeness (QED) is 0.679. The third kappa shape index (κ3) is 4.33. The van der Waals surface area contributed by atoms with E-state index in [4.69, 9.17) is 10.2 Å². The summed E-state index contributed by atoms with van der Waals surface area (Å²) in [4.78, 5) is 37.1. The largest absolute Gasteiger partial charge is 0.480 e. The highest BCUT2D eigenvalue weighted by Crippen LogP contribution is 2.10. The predicted molar refractivity (Wildman–Crippen MR) is 60.5 cm³/mol. The van der Waals surface area contributed by atoms with Crippen molar-refractivity contribution in [3.8, 4) is 0 Å². The van der Waals surface area contributed by atoms with Gasteiger partial charge in [0.2, 0.25) is 5.13 Å². The molecular formula is C8H10N4O5S. The molecule has 2 amide bonds. The molecule has 0 saturated heterocycles. The van der Waals surface area contributed by atoms with Crippen molar-refractivity contribution < 1.29 is 24.6 Å². The van der Waals surface area contributed by atoms with Crippen molar-refractivity contribution in [3.05, 3.63) is 5.82 Å². The molecule has 0 bridgehead atoms. The van der Waals surface area contributed by atoms with Gasteiger partial charge in [0.05, 0.1) is 0 Å². The Morgan fingerprint density at radius 1 is 1.28 bits per heavy atom. The van der Waals surface area contributed by atoms with Crippen LogP contribution in [0.1, 0.15) is 5.82 Å². The number of hydrogen-bond acceptors (Lipinski definition) is 6. The topological polar surface area (TPSA) is 133 Å². The van der Waals surface area contributed by atoms with Gasteiger partial charge in [-0.1, -0.05) is 0 Å². The number of nitrogens with one attached hydrogen (secondary N) is 1. The van der Waals surface area contributed by atoms with Crippen molar-refractivity contribution in [1.29, 1.82) is 0 Å². The minimum atomic E-state index is -1.31. The van der Waals surface area contributed by atoms with Gasteiger partial charge in [-0.3, -0.25) is 14.9 Å². The fourth-order valence-corrected chi connectivity index (χ4v) is 1.61. The lowest BCUT2D eigenvalue weighted by atomic mass is 10.5. The molecule has 0 unspecified atom stereocenters.